The van der Waals surface area contributed by atoms with E-state index in [2.05, 4.69) is 24.3 Å². The summed E-state index contributed by atoms with van der Waals surface area (Å²) in [4.78, 5) is 9.40. The molecule has 1 aromatic heterocycles. The van der Waals surface area contributed by atoms with Gasteiger partial charge in [0.2, 0.25) is 0 Å². The molecule has 0 aliphatic heterocycles. The van der Waals surface area contributed by atoms with Crippen LogP contribution in [0.15, 0.2) is 6.07 Å². The third-order valence-electron chi connectivity index (χ3n) is 4.22. The Bertz CT molecular complexity index is 462. The van der Waals surface area contributed by atoms with Gasteiger partial charge in [0, 0.05) is 18.4 Å². The van der Waals surface area contributed by atoms with Crippen molar-refractivity contribution >= 4 is 5.82 Å². The maximum atomic E-state index is 6.17. The molecule has 3 N–H and O–H groups in total. The maximum Gasteiger partial charge on any atom is 0.162 e. The molecule has 1 aliphatic rings. The molecule has 0 bridgehead atoms. The zero-order valence-electron chi connectivity index (χ0n) is 13.5. The molecule has 0 aromatic carbocycles. The van der Waals surface area contributed by atoms with E-state index in [1.165, 1.54) is 6.42 Å². The fourth-order valence-corrected chi connectivity index (χ4v) is 3.34. The summed E-state index contributed by atoms with van der Waals surface area (Å²) in [6.45, 7) is 7.15. The highest BCUT2D eigenvalue weighted by Gasteiger charge is 2.40. The SMILES string of the molecule is CCCc1cc(NN)nc(C2(OCC)CCCC(C)C2)n1. The van der Waals surface area contributed by atoms with Gasteiger partial charge in [0.1, 0.15) is 11.4 Å². The number of hydrazine groups is 1. The van der Waals surface area contributed by atoms with Crippen LogP contribution in [-0.2, 0) is 16.8 Å². The Morgan fingerprint density at radius 1 is 1.43 bits per heavy atom. The average Bonchev–Trinajstić information content (AvgIpc) is 2.47. The molecule has 5 heteroatoms. The monoisotopic (exact) mass is 292 g/mol. The predicted octanol–water partition coefficient (Wildman–Crippen LogP) is 3.16. The Balaban J connectivity index is 2.40. The lowest BCUT2D eigenvalue weighted by atomic mass is 9.78. The molecule has 0 spiro atoms. The highest BCUT2D eigenvalue weighted by atomic mass is 16.5. The van der Waals surface area contributed by atoms with Crippen LogP contribution < -0.4 is 11.3 Å². The van der Waals surface area contributed by atoms with Crippen molar-refractivity contribution in [2.24, 2.45) is 11.8 Å². The summed E-state index contributed by atoms with van der Waals surface area (Å²) in [5.41, 5.74) is 3.36. The number of ether oxygens (including phenoxy) is 1. The molecule has 1 fully saturated rings. The topological polar surface area (TPSA) is 73.1 Å². The van der Waals surface area contributed by atoms with E-state index in [9.17, 15) is 0 Å². The average molecular weight is 292 g/mol. The van der Waals surface area contributed by atoms with Crippen LogP contribution in [0.25, 0.3) is 0 Å². The van der Waals surface area contributed by atoms with Crippen molar-refractivity contribution in [2.45, 2.75) is 64.9 Å². The van der Waals surface area contributed by atoms with E-state index in [0.717, 1.165) is 43.6 Å². The van der Waals surface area contributed by atoms with Crippen LogP contribution in [-0.4, -0.2) is 16.6 Å². The van der Waals surface area contributed by atoms with Crippen LogP contribution >= 0.6 is 0 Å². The number of nitrogens with two attached hydrogens (primary N) is 1. The molecule has 21 heavy (non-hydrogen) atoms. The zero-order chi connectivity index (χ0) is 15.3. The fourth-order valence-electron chi connectivity index (χ4n) is 3.34. The summed E-state index contributed by atoms with van der Waals surface area (Å²) in [6, 6.07) is 1.93. The minimum atomic E-state index is -0.345. The first-order valence-corrected chi connectivity index (χ1v) is 8.12. The maximum absolute atomic E-state index is 6.17. The van der Waals surface area contributed by atoms with Crippen LogP contribution in [0.2, 0.25) is 0 Å². The second kappa shape index (κ2) is 7.18. The lowest BCUT2D eigenvalue weighted by Crippen LogP contribution is -2.37. The molecule has 1 aliphatic carbocycles. The normalized spacial score (nSPS) is 25.8. The number of nitrogens with one attached hydrogen (secondary N) is 1. The van der Waals surface area contributed by atoms with Gasteiger partial charge < -0.3 is 10.2 Å². The number of hydrogen-bond acceptors (Lipinski definition) is 5. The highest BCUT2D eigenvalue weighted by Crippen LogP contribution is 2.41. The zero-order valence-corrected chi connectivity index (χ0v) is 13.5. The van der Waals surface area contributed by atoms with Crippen molar-refractivity contribution in [2.75, 3.05) is 12.0 Å². The van der Waals surface area contributed by atoms with Crippen LogP contribution in [0.4, 0.5) is 5.82 Å². The minimum absolute atomic E-state index is 0.345. The van der Waals surface area contributed by atoms with Gasteiger partial charge in [-0.15, -0.1) is 0 Å². The van der Waals surface area contributed by atoms with Crippen molar-refractivity contribution < 1.29 is 4.74 Å². The van der Waals surface area contributed by atoms with E-state index in [1.807, 2.05) is 13.0 Å². The molecule has 0 radical (unpaired) electrons. The third-order valence-corrected chi connectivity index (χ3v) is 4.22. The molecule has 2 unspecified atom stereocenters. The Kier molecular flexibility index (Phi) is 5.53. The number of aryl methyl sites for hydroxylation is 1. The Labute approximate surface area is 127 Å². The molecule has 2 atom stereocenters. The van der Waals surface area contributed by atoms with E-state index < -0.39 is 0 Å². The van der Waals surface area contributed by atoms with Gasteiger partial charge in [-0.05, 0) is 38.5 Å². The molecular weight excluding hydrogens is 264 g/mol. The number of rotatable bonds is 6. The smallest absolute Gasteiger partial charge is 0.162 e. The summed E-state index contributed by atoms with van der Waals surface area (Å²) in [7, 11) is 0. The quantitative estimate of drug-likeness (QED) is 0.622. The molecule has 0 amide bonds. The second-order valence-corrected chi connectivity index (χ2v) is 6.09. The highest BCUT2D eigenvalue weighted by molar-refractivity contribution is 5.35. The number of nitrogens with zero attached hydrogens (tertiary/aromatic N) is 2. The summed E-state index contributed by atoms with van der Waals surface area (Å²) in [5.74, 6) is 7.70. The third kappa shape index (κ3) is 3.71. The van der Waals surface area contributed by atoms with Crippen LogP contribution in [0.3, 0.4) is 0 Å². The fraction of sp³-hybridized carbons (Fsp3) is 0.750. The Hall–Kier alpha value is -1.20. The van der Waals surface area contributed by atoms with Gasteiger partial charge in [-0.2, -0.15) is 0 Å². The summed E-state index contributed by atoms with van der Waals surface area (Å²) >= 11 is 0. The van der Waals surface area contributed by atoms with E-state index >= 15 is 0 Å². The number of nitrogen functional groups attached to an aromatic ring is 1. The molecule has 2 rings (SSSR count). The summed E-state index contributed by atoms with van der Waals surface area (Å²) in [6.07, 6.45) is 6.38. The van der Waals surface area contributed by atoms with Gasteiger partial charge >= 0.3 is 0 Å². The molecule has 1 aromatic rings. The largest absolute Gasteiger partial charge is 0.367 e. The van der Waals surface area contributed by atoms with Gasteiger partial charge in [0.05, 0.1) is 0 Å². The van der Waals surface area contributed by atoms with Gasteiger partial charge in [-0.25, -0.2) is 15.8 Å². The van der Waals surface area contributed by atoms with Gasteiger partial charge in [0.15, 0.2) is 5.82 Å². The van der Waals surface area contributed by atoms with Crippen LogP contribution in [0.5, 0.6) is 0 Å². The minimum Gasteiger partial charge on any atom is -0.367 e. The van der Waals surface area contributed by atoms with Gasteiger partial charge in [-0.3, -0.25) is 0 Å². The number of hydrogen-bond donors (Lipinski definition) is 2. The van der Waals surface area contributed by atoms with Crippen LogP contribution in [0, 0.1) is 5.92 Å². The first-order chi connectivity index (χ1) is 10.1. The lowest BCUT2D eigenvalue weighted by Gasteiger charge is -2.38. The van der Waals surface area contributed by atoms with Crippen molar-refractivity contribution in [3.05, 3.63) is 17.6 Å². The van der Waals surface area contributed by atoms with Crippen molar-refractivity contribution in [3.8, 4) is 0 Å². The number of anilines is 1. The first kappa shape index (κ1) is 16.2. The molecule has 118 valence electrons. The first-order valence-electron chi connectivity index (χ1n) is 8.12. The van der Waals surface area contributed by atoms with Gasteiger partial charge in [0.25, 0.3) is 0 Å². The second-order valence-electron chi connectivity index (χ2n) is 6.09. The number of aromatic nitrogens is 2. The Morgan fingerprint density at radius 2 is 2.24 bits per heavy atom. The van der Waals surface area contributed by atoms with E-state index in [-0.39, 0.29) is 5.60 Å². The summed E-state index contributed by atoms with van der Waals surface area (Å²) in [5, 5.41) is 0. The molecule has 1 saturated carbocycles. The molecular formula is C16H28N4O. The Morgan fingerprint density at radius 3 is 2.86 bits per heavy atom. The van der Waals surface area contributed by atoms with E-state index in [4.69, 9.17) is 15.6 Å². The molecule has 5 nitrogen and oxygen atoms in total. The lowest BCUT2D eigenvalue weighted by molar-refractivity contribution is -0.0881. The van der Waals surface area contributed by atoms with Crippen molar-refractivity contribution in [1.29, 1.82) is 0 Å². The van der Waals surface area contributed by atoms with E-state index in [0.29, 0.717) is 18.3 Å². The van der Waals surface area contributed by atoms with E-state index in [1.54, 1.807) is 0 Å². The predicted molar refractivity (Wildman–Crippen MR) is 84.8 cm³/mol. The summed E-state index contributed by atoms with van der Waals surface area (Å²) < 4.78 is 6.17. The van der Waals surface area contributed by atoms with Gasteiger partial charge in [-0.1, -0.05) is 26.7 Å². The standard InChI is InChI=1S/C16H28N4O/c1-4-7-13-10-14(20-17)19-15(18-13)16(21-5-2)9-6-8-12(3)11-16/h10,12H,4-9,11,17H2,1-3H3,(H,18,19,20). The molecule has 1 heterocycles. The molecule has 0 saturated heterocycles. The van der Waals surface area contributed by atoms with Crippen LogP contribution in [0.1, 0.15) is 64.4 Å². The van der Waals surface area contributed by atoms with Crippen molar-refractivity contribution in [3.63, 3.8) is 0 Å². The van der Waals surface area contributed by atoms with Crippen molar-refractivity contribution in [1.82, 2.24) is 9.97 Å².